The van der Waals surface area contributed by atoms with Gasteiger partial charge >= 0.3 is 0 Å². The number of benzene rings is 1. The molecule has 1 aromatic rings. The van der Waals surface area contributed by atoms with Crippen LogP contribution in [0, 0.1) is 19.8 Å². The van der Waals surface area contributed by atoms with Crippen molar-refractivity contribution < 1.29 is 0 Å². The van der Waals surface area contributed by atoms with E-state index in [0.717, 1.165) is 12.5 Å². The van der Waals surface area contributed by atoms with Crippen molar-refractivity contribution >= 4 is 15.9 Å². The lowest BCUT2D eigenvalue weighted by Gasteiger charge is -2.28. The molecule has 1 N–H and O–H groups in total. The number of nitrogens with one attached hydrogen (secondary N) is 1. The Morgan fingerprint density at radius 2 is 1.76 bits per heavy atom. The molecule has 0 heterocycles. The summed E-state index contributed by atoms with van der Waals surface area (Å²) in [5.74, 6) is 0.914. The zero-order chi connectivity index (χ0) is 15.2. The van der Waals surface area contributed by atoms with Crippen LogP contribution < -0.4 is 5.32 Å². The molecule has 0 aromatic heterocycles. The molecule has 21 heavy (non-hydrogen) atoms. The van der Waals surface area contributed by atoms with Crippen molar-refractivity contribution in [2.24, 2.45) is 5.92 Å². The molecule has 1 saturated carbocycles. The zero-order valence-electron chi connectivity index (χ0n) is 13.8. The molecule has 0 amide bonds. The summed E-state index contributed by atoms with van der Waals surface area (Å²) >= 11 is 3.69. The molecule has 1 aromatic carbocycles. The maximum absolute atomic E-state index is 3.79. The summed E-state index contributed by atoms with van der Waals surface area (Å²) in [6.07, 6.45) is 9.68. The maximum atomic E-state index is 3.79. The van der Waals surface area contributed by atoms with Gasteiger partial charge in [-0.25, -0.2) is 0 Å². The number of rotatable bonds is 6. The Morgan fingerprint density at radius 3 is 2.33 bits per heavy atom. The Bertz CT molecular complexity index is 426. The highest BCUT2D eigenvalue weighted by molar-refractivity contribution is 9.10. The third kappa shape index (κ3) is 4.82. The highest BCUT2D eigenvalue weighted by Gasteiger charge is 2.20. The van der Waals surface area contributed by atoms with Gasteiger partial charge in [0.1, 0.15) is 0 Å². The van der Waals surface area contributed by atoms with Gasteiger partial charge in [0, 0.05) is 10.5 Å². The van der Waals surface area contributed by atoms with E-state index in [1.54, 1.807) is 0 Å². The minimum absolute atomic E-state index is 0.526. The lowest BCUT2D eigenvalue weighted by atomic mass is 9.83. The fourth-order valence-corrected chi connectivity index (χ4v) is 3.82. The summed E-state index contributed by atoms with van der Waals surface area (Å²) in [5, 5.41) is 3.79. The van der Waals surface area contributed by atoms with Gasteiger partial charge in [-0.2, -0.15) is 0 Å². The van der Waals surface area contributed by atoms with Crippen LogP contribution in [0.5, 0.6) is 0 Å². The van der Waals surface area contributed by atoms with Crippen LogP contribution in [0.4, 0.5) is 0 Å². The summed E-state index contributed by atoms with van der Waals surface area (Å²) in [6.45, 7) is 7.78. The number of aryl methyl sites for hydroxylation is 2. The molecule has 0 radical (unpaired) electrons. The van der Waals surface area contributed by atoms with Crippen LogP contribution >= 0.6 is 15.9 Å². The Kier molecular flexibility index (Phi) is 6.75. The largest absolute Gasteiger partial charge is 0.310 e. The van der Waals surface area contributed by atoms with Gasteiger partial charge in [-0.05, 0) is 55.8 Å². The minimum Gasteiger partial charge on any atom is -0.310 e. The Labute approximate surface area is 139 Å². The first-order chi connectivity index (χ1) is 10.1. The molecule has 1 atom stereocenters. The second kappa shape index (κ2) is 8.33. The standard InChI is InChI=1S/C19H30BrN/c1-4-10-21-18(13-16-8-6-5-7-9-16)17-11-14(2)19(20)15(3)12-17/h11-12,16,18,21H,4-10,13H2,1-3H3. The van der Waals surface area contributed by atoms with E-state index in [2.05, 4.69) is 54.2 Å². The molecule has 118 valence electrons. The van der Waals surface area contributed by atoms with Crippen molar-refractivity contribution in [2.75, 3.05) is 6.54 Å². The molecule has 1 fully saturated rings. The van der Waals surface area contributed by atoms with Crippen molar-refractivity contribution in [3.63, 3.8) is 0 Å². The molecule has 0 aliphatic heterocycles. The number of hydrogen-bond donors (Lipinski definition) is 1. The lowest BCUT2D eigenvalue weighted by Crippen LogP contribution is -2.25. The third-order valence-corrected chi connectivity index (χ3v) is 6.05. The molecular weight excluding hydrogens is 322 g/mol. The summed E-state index contributed by atoms with van der Waals surface area (Å²) in [5.41, 5.74) is 4.20. The molecule has 0 spiro atoms. The summed E-state index contributed by atoms with van der Waals surface area (Å²) in [6, 6.07) is 5.26. The van der Waals surface area contributed by atoms with Crippen LogP contribution in [0.15, 0.2) is 16.6 Å². The fraction of sp³-hybridized carbons (Fsp3) is 0.684. The van der Waals surface area contributed by atoms with E-state index in [1.807, 2.05) is 0 Å². The predicted molar refractivity (Wildman–Crippen MR) is 95.8 cm³/mol. The maximum Gasteiger partial charge on any atom is 0.0323 e. The molecule has 2 rings (SSSR count). The van der Waals surface area contributed by atoms with Crippen LogP contribution in [0.2, 0.25) is 0 Å². The average molecular weight is 352 g/mol. The van der Waals surface area contributed by atoms with Crippen molar-refractivity contribution in [1.82, 2.24) is 5.32 Å². The first-order valence-corrected chi connectivity index (χ1v) is 9.41. The minimum atomic E-state index is 0.526. The quantitative estimate of drug-likeness (QED) is 0.654. The molecule has 1 unspecified atom stereocenters. The van der Waals surface area contributed by atoms with E-state index in [1.165, 1.54) is 66.1 Å². The Balaban J connectivity index is 2.14. The summed E-state index contributed by atoms with van der Waals surface area (Å²) in [7, 11) is 0. The van der Waals surface area contributed by atoms with Crippen molar-refractivity contribution in [2.45, 2.75) is 71.8 Å². The highest BCUT2D eigenvalue weighted by atomic mass is 79.9. The predicted octanol–water partition coefficient (Wildman–Crippen LogP) is 6.08. The second-order valence-electron chi connectivity index (χ2n) is 6.72. The summed E-state index contributed by atoms with van der Waals surface area (Å²) < 4.78 is 1.26. The van der Waals surface area contributed by atoms with Crippen molar-refractivity contribution in [1.29, 1.82) is 0 Å². The van der Waals surface area contributed by atoms with E-state index in [0.29, 0.717) is 6.04 Å². The van der Waals surface area contributed by atoms with Gasteiger partial charge < -0.3 is 5.32 Å². The fourth-order valence-electron chi connectivity index (χ4n) is 3.59. The normalized spacial score (nSPS) is 17.9. The Morgan fingerprint density at radius 1 is 1.14 bits per heavy atom. The van der Waals surface area contributed by atoms with Gasteiger partial charge in [-0.3, -0.25) is 0 Å². The molecule has 1 nitrogen and oxygen atoms in total. The van der Waals surface area contributed by atoms with Gasteiger partial charge in [0.25, 0.3) is 0 Å². The van der Waals surface area contributed by atoms with Gasteiger partial charge in [0.2, 0.25) is 0 Å². The molecule has 2 heteroatoms. The number of halogens is 1. The van der Waals surface area contributed by atoms with Gasteiger partial charge in [0.15, 0.2) is 0 Å². The smallest absolute Gasteiger partial charge is 0.0323 e. The SMILES string of the molecule is CCCNC(CC1CCCCC1)c1cc(C)c(Br)c(C)c1. The highest BCUT2D eigenvalue weighted by Crippen LogP contribution is 2.33. The van der Waals surface area contributed by atoms with E-state index < -0.39 is 0 Å². The topological polar surface area (TPSA) is 12.0 Å². The van der Waals surface area contributed by atoms with Gasteiger partial charge in [0.05, 0.1) is 0 Å². The van der Waals surface area contributed by atoms with E-state index in [9.17, 15) is 0 Å². The van der Waals surface area contributed by atoms with E-state index in [-0.39, 0.29) is 0 Å². The molecular formula is C19H30BrN. The molecule has 1 aliphatic carbocycles. The van der Waals surface area contributed by atoms with Crippen LogP contribution in [-0.2, 0) is 0 Å². The second-order valence-corrected chi connectivity index (χ2v) is 7.51. The van der Waals surface area contributed by atoms with Crippen LogP contribution in [0.3, 0.4) is 0 Å². The van der Waals surface area contributed by atoms with E-state index >= 15 is 0 Å². The van der Waals surface area contributed by atoms with Crippen LogP contribution in [0.1, 0.15) is 74.6 Å². The Hall–Kier alpha value is -0.340. The zero-order valence-corrected chi connectivity index (χ0v) is 15.4. The average Bonchev–Trinajstić information content (AvgIpc) is 2.49. The molecule has 0 bridgehead atoms. The van der Waals surface area contributed by atoms with Gasteiger partial charge in [-0.15, -0.1) is 0 Å². The lowest BCUT2D eigenvalue weighted by molar-refractivity contribution is 0.300. The van der Waals surface area contributed by atoms with Crippen molar-refractivity contribution in [3.8, 4) is 0 Å². The third-order valence-electron chi connectivity index (χ3n) is 4.80. The van der Waals surface area contributed by atoms with Crippen LogP contribution in [-0.4, -0.2) is 6.54 Å². The molecule has 0 saturated heterocycles. The van der Waals surface area contributed by atoms with E-state index in [4.69, 9.17) is 0 Å². The van der Waals surface area contributed by atoms with Crippen molar-refractivity contribution in [3.05, 3.63) is 33.3 Å². The molecule has 1 aliphatic rings. The first kappa shape index (κ1) is 17.0. The van der Waals surface area contributed by atoms with Gasteiger partial charge in [-0.1, -0.05) is 67.1 Å². The number of hydrogen-bond acceptors (Lipinski definition) is 1. The monoisotopic (exact) mass is 351 g/mol. The summed E-state index contributed by atoms with van der Waals surface area (Å²) in [4.78, 5) is 0. The first-order valence-electron chi connectivity index (χ1n) is 8.61. The van der Waals surface area contributed by atoms with Crippen LogP contribution in [0.25, 0.3) is 0 Å².